The van der Waals surface area contributed by atoms with Gasteiger partial charge in [0, 0.05) is 43.5 Å². The van der Waals surface area contributed by atoms with E-state index in [-0.39, 0.29) is 28.8 Å². The fraction of sp³-hybridized carbons (Fsp3) is 0.333. The molecule has 0 spiro atoms. The van der Waals surface area contributed by atoms with E-state index in [4.69, 9.17) is 4.74 Å². The Hall–Kier alpha value is -3.95. The highest BCUT2D eigenvalue weighted by Gasteiger charge is 2.28. The van der Waals surface area contributed by atoms with Crippen molar-refractivity contribution in [3.63, 3.8) is 0 Å². The highest BCUT2D eigenvalue weighted by Crippen LogP contribution is 2.32. The molecular formula is C27H26F3N5O2. The summed E-state index contributed by atoms with van der Waals surface area (Å²) in [6.07, 6.45) is 4.86. The number of hydrogen-bond donors (Lipinski definition) is 1. The Morgan fingerprint density at radius 3 is 2.65 bits per heavy atom. The SMILES string of the molecule is CCOC(=O)C1CCCN(c2ncc(-c3ccc(-c4nc5ccc(C(C)(F)F)cc5[nH]4)c(F)c3)cn2)C1. The first-order valence-corrected chi connectivity index (χ1v) is 12.1. The number of carbonyl (C=O) groups is 1. The molecule has 1 aliphatic heterocycles. The van der Waals surface area contributed by atoms with E-state index < -0.39 is 11.7 Å². The number of rotatable bonds is 6. The van der Waals surface area contributed by atoms with Crippen LogP contribution in [0.3, 0.4) is 0 Å². The van der Waals surface area contributed by atoms with Gasteiger partial charge in [-0.05, 0) is 49.6 Å². The second-order valence-corrected chi connectivity index (χ2v) is 9.21. The van der Waals surface area contributed by atoms with Gasteiger partial charge in [-0.25, -0.2) is 28.1 Å². The normalized spacial score (nSPS) is 16.2. The van der Waals surface area contributed by atoms with E-state index in [2.05, 4.69) is 19.9 Å². The van der Waals surface area contributed by atoms with Crippen molar-refractivity contribution in [2.75, 3.05) is 24.6 Å². The van der Waals surface area contributed by atoms with Gasteiger partial charge in [-0.2, -0.15) is 0 Å². The molecule has 0 bridgehead atoms. The van der Waals surface area contributed by atoms with E-state index in [9.17, 15) is 13.6 Å². The Kier molecular flexibility index (Phi) is 6.57. The molecule has 7 nitrogen and oxygen atoms in total. The van der Waals surface area contributed by atoms with Crippen LogP contribution in [0.4, 0.5) is 19.1 Å². The number of benzene rings is 2. The third-order valence-corrected chi connectivity index (χ3v) is 6.51. The number of esters is 1. The van der Waals surface area contributed by atoms with Crippen molar-refractivity contribution in [3.05, 3.63) is 60.2 Å². The molecule has 1 unspecified atom stereocenters. The van der Waals surface area contributed by atoms with Gasteiger partial charge >= 0.3 is 5.97 Å². The average molecular weight is 510 g/mol. The lowest BCUT2D eigenvalue weighted by Gasteiger charge is -2.31. The van der Waals surface area contributed by atoms with Gasteiger partial charge in [0.1, 0.15) is 11.6 Å². The molecule has 1 aliphatic rings. The molecular weight excluding hydrogens is 483 g/mol. The molecule has 4 aromatic rings. The van der Waals surface area contributed by atoms with E-state index in [1.165, 1.54) is 24.3 Å². The Morgan fingerprint density at radius 2 is 1.95 bits per heavy atom. The zero-order valence-corrected chi connectivity index (χ0v) is 20.5. The number of nitrogens with one attached hydrogen (secondary N) is 1. The van der Waals surface area contributed by atoms with Gasteiger partial charge in [-0.1, -0.05) is 12.1 Å². The number of aromatic amines is 1. The minimum atomic E-state index is -2.99. The summed E-state index contributed by atoms with van der Waals surface area (Å²) in [4.78, 5) is 30.3. The van der Waals surface area contributed by atoms with Gasteiger partial charge in [0.05, 0.1) is 29.1 Å². The van der Waals surface area contributed by atoms with Crippen molar-refractivity contribution in [1.82, 2.24) is 19.9 Å². The summed E-state index contributed by atoms with van der Waals surface area (Å²) in [6, 6.07) is 8.81. The minimum absolute atomic E-state index is 0.143. The van der Waals surface area contributed by atoms with Crippen molar-refractivity contribution in [2.24, 2.45) is 5.92 Å². The lowest BCUT2D eigenvalue weighted by atomic mass is 9.98. The molecule has 37 heavy (non-hydrogen) atoms. The van der Waals surface area contributed by atoms with Gasteiger partial charge < -0.3 is 14.6 Å². The summed E-state index contributed by atoms with van der Waals surface area (Å²) in [5.74, 6) is -3.15. The number of ether oxygens (including phenoxy) is 1. The summed E-state index contributed by atoms with van der Waals surface area (Å²) < 4.78 is 47.6. The van der Waals surface area contributed by atoms with Gasteiger partial charge in [0.15, 0.2) is 0 Å². The summed E-state index contributed by atoms with van der Waals surface area (Å²) >= 11 is 0. The topological polar surface area (TPSA) is 84.0 Å². The first-order chi connectivity index (χ1) is 17.7. The number of H-pyrrole nitrogens is 1. The maximum atomic E-state index is 15.1. The van der Waals surface area contributed by atoms with E-state index in [1.54, 1.807) is 31.5 Å². The minimum Gasteiger partial charge on any atom is -0.466 e. The zero-order valence-electron chi connectivity index (χ0n) is 20.5. The third-order valence-electron chi connectivity index (χ3n) is 6.51. The molecule has 10 heteroatoms. The molecule has 2 aromatic heterocycles. The smallest absolute Gasteiger partial charge is 0.310 e. The fourth-order valence-corrected chi connectivity index (χ4v) is 4.54. The molecule has 192 valence electrons. The molecule has 2 aromatic carbocycles. The first-order valence-electron chi connectivity index (χ1n) is 12.1. The van der Waals surface area contributed by atoms with Crippen LogP contribution in [0.1, 0.15) is 32.3 Å². The Morgan fingerprint density at radius 1 is 1.16 bits per heavy atom. The van der Waals surface area contributed by atoms with Crippen molar-refractivity contribution < 1.29 is 22.7 Å². The van der Waals surface area contributed by atoms with Crippen molar-refractivity contribution in [2.45, 2.75) is 32.6 Å². The fourth-order valence-electron chi connectivity index (χ4n) is 4.54. The summed E-state index contributed by atoms with van der Waals surface area (Å²) in [7, 11) is 0. The molecule has 3 heterocycles. The highest BCUT2D eigenvalue weighted by atomic mass is 19.3. The molecule has 1 N–H and O–H groups in total. The number of nitrogens with zero attached hydrogens (tertiary/aromatic N) is 4. The molecule has 0 amide bonds. The van der Waals surface area contributed by atoms with E-state index in [1.807, 2.05) is 4.90 Å². The number of piperidine rings is 1. The Bertz CT molecular complexity index is 1430. The Labute approximate surface area is 211 Å². The first kappa shape index (κ1) is 24.7. The largest absolute Gasteiger partial charge is 0.466 e. The zero-order chi connectivity index (χ0) is 26.2. The predicted molar refractivity (Wildman–Crippen MR) is 134 cm³/mol. The van der Waals surface area contributed by atoms with Gasteiger partial charge in [0.2, 0.25) is 5.95 Å². The van der Waals surface area contributed by atoms with Crippen LogP contribution in [0.2, 0.25) is 0 Å². The van der Waals surface area contributed by atoms with Gasteiger partial charge in [-0.3, -0.25) is 4.79 Å². The number of fused-ring (bicyclic) bond motifs is 1. The molecule has 0 aliphatic carbocycles. The molecule has 5 rings (SSSR count). The second-order valence-electron chi connectivity index (χ2n) is 9.21. The van der Waals surface area contributed by atoms with Gasteiger partial charge in [0.25, 0.3) is 5.92 Å². The summed E-state index contributed by atoms with van der Waals surface area (Å²) in [5, 5.41) is 0. The maximum absolute atomic E-state index is 15.1. The molecule has 0 radical (unpaired) electrons. The highest BCUT2D eigenvalue weighted by molar-refractivity contribution is 5.81. The summed E-state index contributed by atoms with van der Waals surface area (Å²) in [6.45, 7) is 4.21. The number of anilines is 1. The monoisotopic (exact) mass is 509 g/mol. The van der Waals surface area contributed by atoms with Crippen molar-refractivity contribution in [3.8, 4) is 22.5 Å². The maximum Gasteiger partial charge on any atom is 0.310 e. The number of halogens is 3. The third kappa shape index (κ3) is 5.14. The van der Waals surface area contributed by atoms with Crippen molar-refractivity contribution in [1.29, 1.82) is 0 Å². The van der Waals surface area contributed by atoms with Crippen LogP contribution in [0, 0.1) is 11.7 Å². The van der Waals surface area contributed by atoms with E-state index >= 15 is 4.39 Å². The van der Waals surface area contributed by atoms with Crippen LogP contribution in [0.5, 0.6) is 0 Å². The Balaban J connectivity index is 1.34. The summed E-state index contributed by atoms with van der Waals surface area (Å²) in [5.41, 5.74) is 2.17. The average Bonchev–Trinajstić information content (AvgIpc) is 3.32. The van der Waals surface area contributed by atoms with Gasteiger partial charge in [-0.15, -0.1) is 0 Å². The lowest BCUT2D eigenvalue weighted by molar-refractivity contribution is -0.148. The van der Waals surface area contributed by atoms with Crippen LogP contribution in [0.15, 0.2) is 48.8 Å². The standard InChI is InChI=1S/C27H26F3N5O2/c1-3-37-25(36)17-5-4-10-35(15-17)26-31-13-18(14-32-26)16-6-8-20(21(28)11-16)24-33-22-9-7-19(27(2,29)30)12-23(22)34-24/h6-9,11-14,17H,3-5,10,15H2,1-2H3,(H,33,34). The van der Waals surface area contributed by atoms with Crippen LogP contribution in [-0.4, -0.2) is 45.6 Å². The predicted octanol–water partition coefficient (Wildman–Crippen LogP) is 5.72. The van der Waals surface area contributed by atoms with E-state index in [0.29, 0.717) is 41.3 Å². The molecule has 1 atom stereocenters. The molecule has 1 saturated heterocycles. The molecule has 0 saturated carbocycles. The number of aromatic nitrogens is 4. The van der Waals surface area contributed by atoms with E-state index in [0.717, 1.165) is 26.3 Å². The van der Waals surface area contributed by atoms with Crippen LogP contribution in [-0.2, 0) is 15.5 Å². The van der Waals surface area contributed by atoms with Crippen molar-refractivity contribution >= 4 is 23.0 Å². The quantitative estimate of drug-likeness (QED) is 0.335. The van der Waals surface area contributed by atoms with Crippen LogP contribution < -0.4 is 4.90 Å². The van der Waals surface area contributed by atoms with Crippen LogP contribution >= 0.6 is 0 Å². The second kappa shape index (κ2) is 9.84. The van der Waals surface area contributed by atoms with Crippen LogP contribution in [0.25, 0.3) is 33.5 Å². The lowest BCUT2D eigenvalue weighted by Crippen LogP contribution is -2.40. The number of imidazole rings is 1. The number of carbonyl (C=O) groups excluding carboxylic acids is 1. The number of alkyl halides is 2. The number of hydrogen-bond acceptors (Lipinski definition) is 6. The molecule has 1 fully saturated rings.